The molecular formula is C10H18N2O4S. The van der Waals surface area contributed by atoms with Crippen LogP contribution in [0.4, 0.5) is 4.79 Å². The molecule has 6 nitrogen and oxygen atoms in total. The maximum absolute atomic E-state index is 11.5. The molecule has 98 valence electrons. The summed E-state index contributed by atoms with van der Waals surface area (Å²) in [6, 6.07) is -0.486. The smallest absolute Gasteiger partial charge is 0.323 e. The highest BCUT2D eigenvalue weighted by atomic mass is 32.2. The van der Waals surface area contributed by atoms with E-state index in [1.54, 1.807) is 6.92 Å². The number of hydrogen-bond acceptors (Lipinski definition) is 3. The van der Waals surface area contributed by atoms with Crippen molar-refractivity contribution >= 4 is 22.8 Å². The number of carbonyl (C=O) groups excluding carboxylic acids is 1. The Hall–Kier alpha value is -1.37. The second kappa shape index (κ2) is 8.74. The zero-order valence-corrected chi connectivity index (χ0v) is 10.7. The predicted molar refractivity (Wildman–Crippen MR) is 66.4 cm³/mol. The molecule has 0 aromatic carbocycles. The number of amides is 2. The number of carbonyl (C=O) groups is 2. The highest BCUT2D eigenvalue weighted by molar-refractivity contribution is 7.84. The average Bonchev–Trinajstić information content (AvgIpc) is 2.27. The zero-order chi connectivity index (χ0) is 13.3. The van der Waals surface area contributed by atoms with E-state index in [9.17, 15) is 13.8 Å². The average molecular weight is 262 g/mol. The fraction of sp³-hybridized carbons (Fsp3) is 0.600. The van der Waals surface area contributed by atoms with Gasteiger partial charge in [-0.1, -0.05) is 13.0 Å². The van der Waals surface area contributed by atoms with Crippen LogP contribution in [0.3, 0.4) is 0 Å². The van der Waals surface area contributed by atoms with Crippen LogP contribution in [0.1, 0.15) is 6.92 Å². The molecule has 0 aromatic rings. The van der Waals surface area contributed by atoms with Gasteiger partial charge in [-0.3, -0.25) is 9.00 Å². The van der Waals surface area contributed by atoms with E-state index in [-0.39, 0.29) is 19.6 Å². The largest absolute Gasteiger partial charge is 0.480 e. The molecule has 0 aliphatic carbocycles. The lowest BCUT2D eigenvalue weighted by molar-refractivity contribution is -0.137. The van der Waals surface area contributed by atoms with Crippen molar-refractivity contribution in [3.05, 3.63) is 12.7 Å². The molecule has 0 bridgehead atoms. The Morgan fingerprint density at radius 2 is 2.18 bits per heavy atom. The van der Waals surface area contributed by atoms with Crippen molar-refractivity contribution in [1.82, 2.24) is 10.2 Å². The topological polar surface area (TPSA) is 86.7 Å². The molecule has 0 radical (unpaired) electrons. The molecule has 0 saturated heterocycles. The first-order valence-corrected chi connectivity index (χ1v) is 6.70. The minimum atomic E-state index is -1.08. The Balaban J connectivity index is 4.09. The number of hydrogen-bond donors (Lipinski definition) is 2. The van der Waals surface area contributed by atoms with E-state index in [2.05, 4.69) is 11.9 Å². The van der Waals surface area contributed by atoms with Gasteiger partial charge in [0.25, 0.3) is 0 Å². The summed E-state index contributed by atoms with van der Waals surface area (Å²) in [4.78, 5) is 23.2. The SMILES string of the molecule is C=CCN(CC(=O)O)C(=O)NCCS(=O)CC. The third-order valence-electron chi connectivity index (χ3n) is 1.89. The fourth-order valence-corrected chi connectivity index (χ4v) is 1.68. The Bertz CT molecular complexity index is 307. The third kappa shape index (κ3) is 7.51. The summed E-state index contributed by atoms with van der Waals surface area (Å²) in [5.74, 6) is -0.169. The van der Waals surface area contributed by atoms with Gasteiger partial charge in [0.2, 0.25) is 0 Å². The number of urea groups is 1. The normalized spacial score (nSPS) is 11.6. The molecule has 0 aliphatic heterocycles. The van der Waals surface area contributed by atoms with Gasteiger partial charge in [-0.2, -0.15) is 0 Å². The van der Waals surface area contributed by atoms with Crippen LogP contribution in [0.5, 0.6) is 0 Å². The van der Waals surface area contributed by atoms with Crippen molar-refractivity contribution in [2.75, 3.05) is 31.1 Å². The molecular weight excluding hydrogens is 244 g/mol. The number of carboxylic acid groups (broad SMARTS) is 1. The predicted octanol–water partition coefficient (Wildman–Crippen LogP) is 0.0372. The molecule has 1 atom stereocenters. The molecule has 1 unspecified atom stereocenters. The number of carboxylic acids is 1. The van der Waals surface area contributed by atoms with Crippen LogP contribution < -0.4 is 5.32 Å². The van der Waals surface area contributed by atoms with Crippen LogP contribution >= 0.6 is 0 Å². The number of nitrogens with one attached hydrogen (secondary N) is 1. The first-order chi connectivity index (χ1) is 8.01. The molecule has 17 heavy (non-hydrogen) atoms. The summed E-state index contributed by atoms with van der Waals surface area (Å²) in [6.45, 7) is 5.30. The summed E-state index contributed by atoms with van der Waals surface area (Å²) < 4.78 is 11.1. The number of nitrogens with zero attached hydrogens (tertiary/aromatic N) is 1. The van der Waals surface area contributed by atoms with Crippen molar-refractivity contribution in [1.29, 1.82) is 0 Å². The van der Waals surface area contributed by atoms with Crippen molar-refractivity contribution < 1.29 is 18.9 Å². The highest BCUT2D eigenvalue weighted by Gasteiger charge is 2.14. The Morgan fingerprint density at radius 1 is 1.53 bits per heavy atom. The lowest BCUT2D eigenvalue weighted by Gasteiger charge is -2.19. The van der Waals surface area contributed by atoms with Crippen LogP contribution in [-0.4, -0.2) is 57.4 Å². The van der Waals surface area contributed by atoms with Gasteiger partial charge in [-0.15, -0.1) is 6.58 Å². The molecule has 0 rings (SSSR count). The van der Waals surface area contributed by atoms with Crippen LogP contribution in [0, 0.1) is 0 Å². The van der Waals surface area contributed by atoms with Crippen LogP contribution in [0.2, 0.25) is 0 Å². The molecule has 0 spiro atoms. The second-order valence-electron chi connectivity index (χ2n) is 3.23. The van der Waals surface area contributed by atoms with Crippen LogP contribution in [-0.2, 0) is 15.6 Å². The first kappa shape index (κ1) is 15.6. The quantitative estimate of drug-likeness (QED) is 0.605. The summed E-state index contributed by atoms with van der Waals surface area (Å²) in [7, 11) is -0.941. The minimum Gasteiger partial charge on any atom is -0.480 e. The highest BCUT2D eigenvalue weighted by Crippen LogP contribution is 1.90. The van der Waals surface area contributed by atoms with Gasteiger partial charge in [-0.05, 0) is 0 Å². The molecule has 0 fully saturated rings. The van der Waals surface area contributed by atoms with Crippen molar-refractivity contribution in [3.63, 3.8) is 0 Å². The maximum Gasteiger partial charge on any atom is 0.323 e. The molecule has 0 heterocycles. The second-order valence-corrected chi connectivity index (χ2v) is 5.09. The van der Waals surface area contributed by atoms with Gasteiger partial charge in [0, 0.05) is 35.4 Å². The van der Waals surface area contributed by atoms with E-state index < -0.39 is 22.8 Å². The van der Waals surface area contributed by atoms with Crippen molar-refractivity contribution in [2.45, 2.75) is 6.92 Å². The van der Waals surface area contributed by atoms with Crippen molar-refractivity contribution in [3.8, 4) is 0 Å². The standard InChI is InChI=1S/C10H18N2O4S/c1-3-6-12(8-9(13)14)10(15)11-5-7-17(16)4-2/h3H,1,4-8H2,2H3,(H,11,15)(H,13,14). The van der Waals surface area contributed by atoms with E-state index >= 15 is 0 Å². The lowest BCUT2D eigenvalue weighted by Crippen LogP contribution is -2.43. The van der Waals surface area contributed by atoms with Gasteiger partial charge >= 0.3 is 12.0 Å². The van der Waals surface area contributed by atoms with Crippen LogP contribution in [0.15, 0.2) is 12.7 Å². The van der Waals surface area contributed by atoms with E-state index in [1.165, 1.54) is 6.08 Å². The molecule has 0 aromatic heterocycles. The van der Waals surface area contributed by atoms with Gasteiger partial charge in [0.05, 0.1) is 0 Å². The zero-order valence-electron chi connectivity index (χ0n) is 9.85. The summed E-state index contributed by atoms with van der Waals surface area (Å²) in [5.41, 5.74) is 0. The number of aliphatic carboxylic acids is 1. The number of rotatable bonds is 8. The lowest BCUT2D eigenvalue weighted by atomic mass is 10.5. The molecule has 0 saturated carbocycles. The Morgan fingerprint density at radius 3 is 2.65 bits per heavy atom. The van der Waals surface area contributed by atoms with E-state index in [0.717, 1.165) is 4.90 Å². The van der Waals surface area contributed by atoms with Gasteiger partial charge in [0.1, 0.15) is 6.54 Å². The summed E-state index contributed by atoms with van der Waals surface area (Å²) in [5, 5.41) is 11.1. The summed E-state index contributed by atoms with van der Waals surface area (Å²) >= 11 is 0. The Labute approximate surface area is 103 Å². The first-order valence-electron chi connectivity index (χ1n) is 5.21. The monoisotopic (exact) mass is 262 g/mol. The molecule has 2 N–H and O–H groups in total. The fourth-order valence-electron chi connectivity index (χ4n) is 1.07. The summed E-state index contributed by atoms with van der Waals surface area (Å²) in [6.07, 6.45) is 1.45. The maximum atomic E-state index is 11.5. The van der Waals surface area contributed by atoms with Gasteiger partial charge in [0.15, 0.2) is 0 Å². The van der Waals surface area contributed by atoms with Gasteiger partial charge < -0.3 is 15.3 Å². The third-order valence-corrected chi connectivity index (χ3v) is 3.19. The van der Waals surface area contributed by atoms with E-state index in [1.807, 2.05) is 0 Å². The molecule has 2 amide bonds. The van der Waals surface area contributed by atoms with E-state index in [4.69, 9.17) is 5.11 Å². The Kier molecular flexibility index (Phi) is 8.04. The van der Waals surface area contributed by atoms with Gasteiger partial charge in [-0.25, -0.2) is 4.79 Å². The molecule has 7 heteroatoms. The van der Waals surface area contributed by atoms with E-state index in [0.29, 0.717) is 11.5 Å². The van der Waals surface area contributed by atoms with Crippen molar-refractivity contribution in [2.24, 2.45) is 0 Å². The van der Waals surface area contributed by atoms with Crippen LogP contribution in [0.25, 0.3) is 0 Å². The minimum absolute atomic E-state index is 0.162. The molecule has 0 aliphatic rings.